The van der Waals surface area contributed by atoms with Crippen molar-refractivity contribution in [2.75, 3.05) is 31.1 Å². The van der Waals surface area contributed by atoms with Crippen molar-refractivity contribution in [1.82, 2.24) is 15.5 Å². The van der Waals surface area contributed by atoms with Crippen LogP contribution >= 0.6 is 11.6 Å². The molecule has 1 aromatic heterocycles. The molecule has 1 fully saturated rings. The van der Waals surface area contributed by atoms with E-state index in [-0.39, 0.29) is 0 Å². The summed E-state index contributed by atoms with van der Waals surface area (Å²) in [5, 5.41) is 11.9. The number of hydrogen-bond acceptors (Lipinski definition) is 3. The molecule has 19 heavy (non-hydrogen) atoms. The van der Waals surface area contributed by atoms with Crippen LogP contribution in [0.2, 0.25) is 5.02 Å². The molecule has 2 heterocycles. The van der Waals surface area contributed by atoms with Gasteiger partial charge in [-0.05, 0) is 17.7 Å². The van der Waals surface area contributed by atoms with Gasteiger partial charge in [0.05, 0.1) is 5.69 Å². The Morgan fingerprint density at radius 2 is 2.05 bits per heavy atom. The Bertz CT molecular complexity index is 628. The lowest BCUT2D eigenvalue weighted by molar-refractivity contribution is 0.583. The third kappa shape index (κ3) is 1.75. The molecule has 0 saturated carbocycles. The number of anilines is 1. The molecule has 0 atom stereocenters. The molecule has 2 aliphatic rings. The molecule has 2 aromatic rings. The molecule has 1 saturated heterocycles. The Hall–Kier alpha value is -1.52. The number of nitrogens with one attached hydrogen (secondary N) is 2. The first kappa shape index (κ1) is 11.3. The maximum atomic E-state index is 6.08. The van der Waals surface area contributed by atoms with Gasteiger partial charge >= 0.3 is 0 Å². The number of rotatable bonds is 1. The zero-order valence-corrected chi connectivity index (χ0v) is 11.3. The van der Waals surface area contributed by atoms with Gasteiger partial charge < -0.3 is 10.2 Å². The normalized spacial score (nSPS) is 17.4. The largest absolute Gasteiger partial charge is 0.352 e. The Morgan fingerprint density at radius 3 is 2.89 bits per heavy atom. The number of aromatic amines is 1. The van der Waals surface area contributed by atoms with E-state index >= 15 is 0 Å². The van der Waals surface area contributed by atoms with Gasteiger partial charge in [-0.3, -0.25) is 5.10 Å². The first-order valence-corrected chi connectivity index (χ1v) is 7.02. The number of halogens is 1. The summed E-state index contributed by atoms with van der Waals surface area (Å²) in [7, 11) is 0. The maximum Gasteiger partial charge on any atom is 0.154 e. The third-order valence-corrected chi connectivity index (χ3v) is 4.20. The molecular weight excluding hydrogens is 260 g/mol. The van der Waals surface area contributed by atoms with Crippen LogP contribution in [0.5, 0.6) is 0 Å². The van der Waals surface area contributed by atoms with E-state index in [1.807, 2.05) is 6.07 Å². The number of piperazine rings is 1. The molecule has 4 rings (SSSR count). The molecule has 4 nitrogen and oxygen atoms in total. The van der Waals surface area contributed by atoms with Crippen LogP contribution in [0.1, 0.15) is 11.1 Å². The standard InChI is InChI=1S/C14H15ClN4/c15-10-1-2-11-9(7-10)8-12-13(11)17-18-14(12)19-5-3-16-4-6-19/h1-2,7,16H,3-6,8H2,(H,17,18). The minimum atomic E-state index is 0.806. The van der Waals surface area contributed by atoms with E-state index in [0.717, 1.165) is 43.4 Å². The van der Waals surface area contributed by atoms with Crippen molar-refractivity contribution in [1.29, 1.82) is 0 Å². The Morgan fingerprint density at radius 1 is 1.21 bits per heavy atom. The molecule has 0 radical (unpaired) electrons. The van der Waals surface area contributed by atoms with Gasteiger partial charge in [0.25, 0.3) is 0 Å². The van der Waals surface area contributed by atoms with Crippen LogP contribution in [0.25, 0.3) is 11.3 Å². The molecule has 2 N–H and O–H groups in total. The van der Waals surface area contributed by atoms with Crippen molar-refractivity contribution < 1.29 is 0 Å². The number of hydrogen-bond donors (Lipinski definition) is 2. The summed E-state index contributed by atoms with van der Waals surface area (Å²) >= 11 is 6.08. The summed E-state index contributed by atoms with van der Waals surface area (Å²) in [4.78, 5) is 2.36. The number of nitrogens with zero attached hydrogens (tertiary/aromatic N) is 2. The highest BCUT2D eigenvalue weighted by Crippen LogP contribution is 2.40. The predicted molar refractivity (Wildman–Crippen MR) is 76.9 cm³/mol. The average molecular weight is 275 g/mol. The fraction of sp³-hybridized carbons (Fsp3) is 0.357. The molecule has 0 unspecified atom stereocenters. The zero-order chi connectivity index (χ0) is 12.8. The first-order valence-electron chi connectivity index (χ1n) is 6.64. The monoisotopic (exact) mass is 274 g/mol. The van der Waals surface area contributed by atoms with Crippen LogP contribution in [0.3, 0.4) is 0 Å². The Balaban J connectivity index is 1.74. The van der Waals surface area contributed by atoms with Crippen molar-refractivity contribution >= 4 is 17.4 Å². The summed E-state index contributed by atoms with van der Waals surface area (Å²) in [6.45, 7) is 4.10. The molecule has 0 spiro atoms. The number of fused-ring (bicyclic) bond motifs is 3. The van der Waals surface area contributed by atoms with Crippen LogP contribution < -0.4 is 10.2 Å². The highest BCUT2D eigenvalue weighted by molar-refractivity contribution is 6.30. The molecule has 98 valence electrons. The molecule has 1 aromatic carbocycles. The SMILES string of the molecule is Clc1ccc2c(c1)Cc1c(N3CCNCC3)n[nH]c1-2. The van der Waals surface area contributed by atoms with Crippen LogP contribution in [0, 0.1) is 0 Å². The van der Waals surface area contributed by atoms with E-state index in [0.29, 0.717) is 0 Å². The molecule has 1 aliphatic carbocycles. The summed E-state index contributed by atoms with van der Waals surface area (Å²) in [5.74, 6) is 1.11. The highest BCUT2D eigenvalue weighted by atomic mass is 35.5. The van der Waals surface area contributed by atoms with Crippen molar-refractivity contribution in [2.24, 2.45) is 0 Å². The number of benzene rings is 1. The van der Waals surface area contributed by atoms with Gasteiger partial charge in [0, 0.05) is 48.7 Å². The van der Waals surface area contributed by atoms with Gasteiger partial charge in [-0.25, -0.2) is 0 Å². The van der Waals surface area contributed by atoms with Crippen molar-refractivity contribution in [3.8, 4) is 11.3 Å². The van der Waals surface area contributed by atoms with Crippen LogP contribution in [-0.4, -0.2) is 36.4 Å². The third-order valence-electron chi connectivity index (χ3n) is 3.97. The fourth-order valence-corrected chi connectivity index (χ4v) is 3.22. The summed E-state index contributed by atoms with van der Waals surface area (Å²) in [6.07, 6.45) is 0.932. The lowest BCUT2D eigenvalue weighted by atomic mass is 10.1. The molecule has 1 aliphatic heterocycles. The van der Waals surface area contributed by atoms with Crippen LogP contribution in [-0.2, 0) is 6.42 Å². The number of aromatic nitrogens is 2. The second-order valence-electron chi connectivity index (χ2n) is 5.12. The lowest BCUT2D eigenvalue weighted by Gasteiger charge is -2.28. The van der Waals surface area contributed by atoms with Gasteiger partial charge in [-0.1, -0.05) is 17.7 Å². The van der Waals surface area contributed by atoms with Gasteiger partial charge in [-0.2, -0.15) is 5.10 Å². The van der Waals surface area contributed by atoms with E-state index in [9.17, 15) is 0 Å². The van der Waals surface area contributed by atoms with E-state index in [2.05, 4.69) is 32.5 Å². The summed E-state index contributed by atoms with van der Waals surface area (Å²) < 4.78 is 0. The molecular formula is C14H15ClN4. The topological polar surface area (TPSA) is 44.0 Å². The molecule has 0 bridgehead atoms. The molecule has 5 heteroatoms. The second-order valence-corrected chi connectivity index (χ2v) is 5.55. The van der Waals surface area contributed by atoms with Crippen molar-refractivity contribution in [3.63, 3.8) is 0 Å². The van der Waals surface area contributed by atoms with Gasteiger partial charge in [0.2, 0.25) is 0 Å². The predicted octanol–water partition coefficient (Wildman–Crippen LogP) is 2.04. The Kier molecular flexibility index (Phi) is 2.53. The second kappa shape index (κ2) is 4.25. The van der Waals surface area contributed by atoms with E-state index in [1.165, 1.54) is 22.4 Å². The van der Waals surface area contributed by atoms with Crippen LogP contribution in [0.4, 0.5) is 5.82 Å². The van der Waals surface area contributed by atoms with E-state index in [1.54, 1.807) is 0 Å². The van der Waals surface area contributed by atoms with Gasteiger partial charge in [-0.15, -0.1) is 0 Å². The zero-order valence-electron chi connectivity index (χ0n) is 10.5. The number of H-pyrrole nitrogens is 1. The Labute approximate surface area is 116 Å². The first-order chi connectivity index (χ1) is 9.33. The quantitative estimate of drug-likeness (QED) is 0.714. The van der Waals surface area contributed by atoms with E-state index < -0.39 is 0 Å². The highest BCUT2D eigenvalue weighted by Gasteiger charge is 2.27. The fourth-order valence-electron chi connectivity index (χ4n) is 3.03. The van der Waals surface area contributed by atoms with Crippen molar-refractivity contribution in [2.45, 2.75) is 6.42 Å². The maximum absolute atomic E-state index is 6.08. The molecule has 0 amide bonds. The smallest absolute Gasteiger partial charge is 0.154 e. The summed E-state index contributed by atoms with van der Waals surface area (Å²) in [5.41, 5.74) is 5.03. The minimum Gasteiger partial charge on any atom is -0.352 e. The average Bonchev–Trinajstić information content (AvgIpc) is 2.97. The van der Waals surface area contributed by atoms with Gasteiger partial charge in [0.1, 0.15) is 0 Å². The summed E-state index contributed by atoms with van der Waals surface area (Å²) in [6, 6.07) is 6.09. The lowest BCUT2D eigenvalue weighted by Crippen LogP contribution is -2.44. The van der Waals surface area contributed by atoms with Crippen LogP contribution in [0.15, 0.2) is 18.2 Å². The van der Waals surface area contributed by atoms with Crippen molar-refractivity contribution in [3.05, 3.63) is 34.3 Å². The van der Waals surface area contributed by atoms with Gasteiger partial charge in [0.15, 0.2) is 5.82 Å². The van der Waals surface area contributed by atoms with E-state index in [4.69, 9.17) is 11.6 Å². The minimum absolute atomic E-state index is 0.806.